The highest BCUT2D eigenvalue weighted by molar-refractivity contribution is 5.75. The van der Waals surface area contributed by atoms with Gasteiger partial charge in [0.25, 0.3) is 0 Å². The van der Waals surface area contributed by atoms with Crippen LogP contribution >= 0.6 is 0 Å². The first-order chi connectivity index (χ1) is 3.31. The number of carbonyl (C=O) groups is 1. The molecule has 0 aromatic carbocycles. The molecule has 8 heavy (non-hydrogen) atoms. The first-order valence-electron chi connectivity index (χ1n) is 1.77. The zero-order valence-electron chi connectivity index (χ0n) is 4.46. The van der Waals surface area contributed by atoms with Crippen molar-refractivity contribution < 1.29 is 14.6 Å². The Bertz CT molecular complexity index is 67.5. The van der Waals surface area contributed by atoms with Crippen LogP contribution in [0.3, 0.4) is 0 Å². The molecular weight excluding hydrogens is 122 g/mol. The molecule has 0 fully saturated rings. The quantitative estimate of drug-likeness (QED) is 0.258. The van der Waals surface area contributed by atoms with Crippen molar-refractivity contribution in [2.75, 3.05) is 13.3 Å². The van der Waals surface area contributed by atoms with E-state index in [0.29, 0.717) is 0 Å². The Morgan fingerprint density at radius 1 is 1.75 bits per heavy atom. The fraction of sp³-hybridized carbons (Fsp3) is 0.667. The number of nitrogens with two attached hydrogens (primary N) is 1. The molecule has 4 nitrogen and oxygen atoms in total. The minimum atomic E-state index is -0.595. The molecule has 0 aliphatic carbocycles. The molecule has 0 aromatic rings. The van der Waals surface area contributed by atoms with Gasteiger partial charge in [-0.05, 0) is 0 Å². The van der Waals surface area contributed by atoms with Crippen molar-refractivity contribution in [2.45, 2.75) is 0 Å². The van der Waals surface area contributed by atoms with Gasteiger partial charge in [-0.1, -0.05) is 0 Å². The van der Waals surface area contributed by atoms with E-state index in [2.05, 4.69) is 4.74 Å². The molecule has 0 heterocycles. The summed E-state index contributed by atoms with van der Waals surface area (Å²) in [5.74, 6) is -0.595. The van der Waals surface area contributed by atoms with E-state index in [1.807, 2.05) is 0 Å². The summed E-state index contributed by atoms with van der Waals surface area (Å²) in [6.07, 6.45) is 0. The van der Waals surface area contributed by atoms with Gasteiger partial charge in [-0.15, -0.1) is 0 Å². The average molecular weight is 129 g/mol. The van der Waals surface area contributed by atoms with Gasteiger partial charge in [0.2, 0.25) is 0 Å². The SMILES string of the molecule is NCC(=O)OCO.[Mg]. The van der Waals surface area contributed by atoms with Crippen LogP contribution in [0.4, 0.5) is 0 Å². The lowest BCUT2D eigenvalue weighted by Crippen LogP contribution is -2.16. The summed E-state index contributed by atoms with van der Waals surface area (Å²) in [5, 5.41) is 7.87. The standard InChI is InChI=1S/C3H7NO3.Mg/c4-1-3(6)7-2-5;/h5H,1-2,4H2;. The number of rotatable bonds is 2. The highest BCUT2D eigenvalue weighted by atomic mass is 24.3. The van der Waals surface area contributed by atoms with Crippen molar-refractivity contribution in [3.63, 3.8) is 0 Å². The normalized spacial score (nSPS) is 7.25. The van der Waals surface area contributed by atoms with Gasteiger partial charge in [-0.3, -0.25) is 4.79 Å². The van der Waals surface area contributed by atoms with E-state index in [0.717, 1.165) is 0 Å². The van der Waals surface area contributed by atoms with E-state index in [1.54, 1.807) is 0 Å². The monoisotopic (exact) mass is 129 g/mol. The maximum atomic E-state index is 9.90. The highest BCUT2D eigenvalue weighted by Crippen LogP contribution is 1.67. The molecule has 0 atom stereocenters. The molecular formula is C3H7MgNO3. The smallest absolute Gasteiger partial charge is 0.321 e. The van der Waals surface area contributed by atoms with Gasteiger partial charge in [-0.2, -0.15) is 0 Å². The Hall–Kier alpha value is 0.156. The number of hydrogen-bond donors (Lipinski definition) is 2. The Morgan fingerprint density at radius 3 is 2.38 bits per heavy atom. The van der Waals surface area contributed by atoms with E-state index in [1.165, 1.54) is 0 Å². The van der Waals surface area contributed by atoms with Crippen molar-refractivity contribution in [3.8, 4) is 0 Å². The van der Waals surface area contributed by atoms with Crippen molar-refractivity contribution in [3.05, 3.63) is 0 Å². The molecule has 0 aromatic heterocycles. The van der Waals surface area contributed by atoms with E-state index >= 15 is 0 Å². The Balaban J connectivity index is 0. The summed E-state index contributed by atoms with van der Waals surface area (Å²) in [5.41, 5.74) is 4.77. The minimum absolute atomic E-state index is 0. The van der Waals surface area contributed by atoms with Crippen molar-refractivity contribution in [1.82, 2.24) is 0 Å². The molecule has 0 unspecified atom stereocenters. The first kappa shape index (κ1) is 11.0. The summed E-state index contributed by atoms with van der Waals surface area (Å²) in [7, 11) is 0. The first-order valence-corrected chi connectivity index (χ1v) is 1.77. The molecule has 0 rings (SSSR count). The second-order valence-corrected chi connectivity index (χ2v) is 0.850. The van der Waals surface area contributed by atoms with Gasteiger partial charge in [0.15, 0.2) is 6.79 Å². The van der Waals surface area contributed by atoms with Crippen molar-refractivity contribution in [1.29, 1.82) is 0 Å². The zero-order valence-corrected chi connectivity index (χ0v) is 5.88. The van der Waals surface area contributed by atoms with E-state index in [9.17, 15) is 4.79 Å². The molecule has 0 spiro atoms. The van der Waals surface area contributed by atoms with Crippen molar-refractivity contribution in [2.24, 2.45) is 5.73 Å². The Morgan fingerprint density at radius 2 is 2.25 bits per heavy atom. The van der Waals surface area contributed by atoms with E-state index in [-0.39, 0.29) is 29.6 Å². The maximum Gasteiger partial charge on any atom is 0.321 e. The molecule has 44 valence electrons. The summed E-state index contributed by atoms with van der Waals surface area (Å²) in [6, 6.07) is 0. The topological polar surface area (TPSA) is 72.6 Å². The van der Waals surface area contributed by atoms with Crippen LogP contribution in [0.2, 0.25) is 0 Å². The fourth-order valence-corrected chi connectivity index (χ4v) is 0.131. The van der Waals surface area contributed by atoms with Crippen LogP contribution in [-0.4, -0.2) is 47.5 Å². The second kappa shape index (κ2) is 7.16. The average Bonchev–Trinajstić information content (AvgIpc) is 1.68. The van der Waals surface area contributed by atoms with Crippen molar-refractivity contribution >= 4 is 29.0 Å². The van der Waals surface area contributed by atoms with Crippen LogP contribution in [0.15, 0.2) is 0 Å². The number of ether oxygens (including phenoxy) is 1. The van der Waals surface area contributed by atoms with Gasteiger partial charge >= 0.3 is 5.97 Å². The molecule has 2 radical (unpaired) electrons. The molecule has 0 amide bonds. The number of hydrogen-bond acceptors (Lipinski definition) is 4. The molecule has 5 heteroatoms. The summed E-state index contributed by atoms with van der Waals surface area (Å²) in [4.78, 5) is 9.90. The zero-order chi connectivity index (χ0) is 5.70. The van der Waals surface area contributed by atoms with Crippen LogP contribution in [0.1, 0.15) is 0 Å². The largest absolute Gasteiger partial charge is 0.438 e. The third-order valence-electron chi connectivity index (χ3n) is 0.392. The molecule has 0 saturated carbocycles. The van der Waals surface area contributed by atoms with E-state index in [4.69, 9.17) is 10.8 Å². The number of aliphatic hydroxyl groups is 1. The Kier molecular flexibility index (Phi) is 9.86. The van der Waals surface area contributed by atoms with Gasteiger partial charge < -0.3 is 15.6 Å². The second-order valence-electron chi connectivity index (χ2n) is 0.850. The number of aliphatic hydroxyl groups excluding tert-OH is 1. The summed E-state index contributed by atoms with van der Waals surface area (Å²) < 4.78 is 3.98. The van der Waals surface area contributed by atoms with Gasteiger partial charge in [0.05, 0.1) is 6.54 Å². The molecule has 3 N–H and O–H groups in total. The fourth-order valence-electron chi connectivity index (χ4n) is 0.131. The van der Waals surface area contributed by atoms with Gasteiger partial charge in [0, 0.05) is 23.1 Å². The predicted octanol–water partition coefficient (Wildman–Crippen LogP) is -1.94. The lowest BCUT2D eigenvalue weighted by molar-refractivity contribution is -0.149. The van der Waals surface area contributed by atoms with Crippen LogP contribution in [0.25, 0.3) is 0 Å². The maximum absolute atomic E-state index is 9.90. The predicted molar refractivity (Wildman–Crippen MR) is 28.0 cm³/mol. The van der Waals surface area contributed by atoms with Crippen LogP contribution in [-0.2, 0) is 9.53 Å². The van der Waals surface area contributed by atoms with Crippen LogP contribution in [0, 0.1) is 0 Å². The highest BCUT2D eigenvalue weighted by Gasteiger charge is 1.92. The molecule has 0 aliphatic heterocycles. The van der Waals surface area contributed by atoms with Crippen LogP contribution < -0.4 is 5.73 Å². The van der Waals surface area contributed by atoms with Gasteiger partial charge in [-0.25, -0.2) is 0 Å². The minimum Gasteiger partial charge on any atom is -0.438 e. The Labute approximate surface area is 63.1 Å². The lowest BCUT2D eigenvalue weighted by atomic mass is 10.7. The molecule has 0 bridgehead atoms. The molecule has 0 aliphatic rings. The third kappa shape index (κ3) is 6.16. The summed E-state index contributed by atoms with van der Waals surface area (Å²) >= 11 is 0. The summed E-state index contributed by atoms with van der Waals surface area (Å²) in [6.45, 7) is -0.767. The number of esters is 1. The van der Waals surface area contributed by atoms with E-state index < -0.39 is 12.8 Å². The number of carbonyl (C=O) groups excluding carboxylic acids is 1. The molecule has 0 saturated heterocycles. The van der Waals surface area contributed by atoms with Gasteiger partial charge in [0.1, 0.15) is 0 Å². The lowest BCUT2D eigenvalue weighted by Gasteiger charge is -1.93. The van der Waals surface area contributed by atoms with Crippen LogP contribution in [0.5, 0.6) is 0 Å². The third-order valence-corrected chi connectivity index (χ3v) is 0.392.